The molecule has 0 aliphatic rings. The molecule has 12 heavy (non-hydrogen) atoms. The molecule has 0 saturated carbocycles. The van der Waals surface area contributed by atoms with Gasteiger partial charge in [0.05, 0.1) is 0 Å². The molecule has 0 aromatic carbocycles. The van der Waals surface area contributed by atoms with E-state index in [-0.39, 0.29) is 11.4 Å². The monoisotopic (exact) mass is 189 g/mol. The third-order valence-corrected chi connectivity index (χ3v) is 2.37. The van der Waals surface area contributed by atoms with Crippen LogP contribution in [-0.2, 0) is 12.5 Å². The van der Waals surface area contributed by atoms with Crippen molar-refractivity contribution in [2.24, 2.45) is 7.05 Å². The van der Waals surface area contributed by atoms with Gasteiger partial charge in [-0.05, 0) is 17.0 Å². The van der Waals surface area contributed by atoms with Crippen LogP contribution in [0.15, 0.2) is 6.07 Å². The fourth-order valence-electron chi connectivity index (χ4n) is 1.08. The summed E-state index contributed by atoms with van der Waals surface area (Å²) in [6.07, 6.45) is 0. The molecule has 0 radical (unpaired) electrons. The maximum absolute atomic E-state index is 13.0. The predicted molar refractivity (Wildman–Crippen MR) is 49.1 cm³/mol. The third kappa shape index (κ3) is 1.48. The normalized spacial score (nSPS) is 12.2. The van der Waals surface area contributed by atoms with Crippen molar-refractivity contribution in [3.63, 3.8) is 0 Å². The van der Waals surface area contributed by atoms with E-state index in [0.717, 1.165) is 5.56 Å². The van der Waals surface area contributed by atoms with Crippen LogP contribution in [0.25, 0.3) is 0 Å². The number of nitrogens with zero attached hydrogens (tertiary/aromatic N) is 1. The molecule has 1 rings (SSSR count). The van der Waals surface area contributed by atoms with E-state index in [1.165, 1.54) is 10.6 Å². The average molecular weight is 190 g/mol. The summed E-state index contributed by atoms with van der Waals surface area (Å²) in [7, 11) is 1.62. The zero-order valence-electron chi connectivity index (χ0n) is 7.78. The Hall–Kier alpha value is -0.500. The number of hydrogen-bond acceptors (Lipinski definition) is 0. The number of rotatable bonds is 0. The van der Waals surface area contributed by atoms with Gasteiger partial charge in [-0.2, -0.15) is 4.39 Å². The molecule has 0 spiro atoms. The molecule has 0 amide bonds. The molecule has 0 aliphatic heterocycles. The first-order valence-corrected chi connectivity index (χ1v) is 4.23. The van der Waals surface area contributed by atoms with Gasteiger partial charge in [0, 0.05) is 7.05 Å². The fourth-order valence-corrected chi connectivity index (χ4v) is 1.49. The van der Waals surface area contributed by atoms with Crippen molar-refractivity contribution in [2.75, 3.05) is 0 Å². The van der Waals surface area contributed by atoms with Crippen LogP contribution in [0.2, 0.25) is 5.15 Å². The molecule has 0 N–H and O–H groups in total. The van der Waals surface area contributed by atoms with E-state index >= 15 is 0 Å². The molecule has 1 aromatic rings. The highest BCUT2D eigenvalue weighted by atomic mass is 35.5. The van der Waals surface area contributed by atoms with Crippen LogP contribution in [0.4, 0.5) is 4.39 Å². The standard InChI is InChI=1S/C9H13ClFN/c1-9(2,3)6-5-7(11)12(4)8(6)10/h5H,1-4H3. The van der Waals surface area contributed by atoms with Crippen molar-refractivity contribution in [1.82, 2.24) is 4.57 Å². The van der Waals surface area contributed by atoms with Crippen LogP contribution in [0.5, 0.6) is 0 Å². The van der Waals surface area contributed by atoms with Gasteiger partial charge in [0.25, 0.3) is 0 Å². The lowest BCUT2D eigenvalue weighted by Gasteiger charge is -2.17. The molecule has 1 nitrogen and oxygen atoms in total. The summed E-state index contributed by atoms with van der Waals surface area (Å²) in [6.45, 7) is 6.02. The largest absolute Gasteiger partial charge is 0.312 e. The van der Waals surface area contributed by atoms with E-state index in [1.54, 1.807) is 7.05 Å². The maximum Gasteiger partial charge on any atom is 0.194 e. The quantitative estimate of drug-likeness (QED) is 0.591. The second-order valence-corrected chi connectivity index (χ2v) is 4.34. The Morgan fingerprint density at radius 3 is 2.08 bits per heavy atom. The number of hydrogen-bond donors (Lipinski definition) is 0. The highest BCUT2D eigenvalue weighted by Gasteiger charge is 2.21. The molecule has 68 valence electrons. The highest BCUT2D eigenvalue weighted by Crippen LogP contribution is 2.30. The molecule has 0 fully saturated rings. The number of aromatic nitrogens is 1. The molecular formula is C9H13ClFN. The summed E-state index contributed by atoms with van der Waals surface area (Å²) in [6, 6.07) is 1.49. The Kier molecular flexibility index (Phi) is 2.21. The van der Waals surface area contributed by atoms with Crippen molar-refractivity contribution in [2.45, 2.75) is 26.2 Å². The van der Waals surface area contributed by atoms with Gasteiger partial charge >= 0.3 is 0 Å². The van der Waals surface area contributed by atoms with E-state index in [9.17, 15) is 4.39 Å². The van der Waals surface area contributed by atoms with Crippen LogP contribution in [0.3, 0.4) is 0 Å². The van der Waals surface area contributed by atoms with Crippen LogP contribution in [-0.4, -0.2) is 4.57 Å². The van der Waals surface area contributed by atoms with Crippen molar-refractivity contribution in [3.05, 3.63) is 22.7 Å². The summed E-state index contributed by atoms with van der Waals surface area (Å²) in [5, 5.41) is 0.486. The molecule has 0 unspecified atom stereocenters. The fraction of sp³-hybridized carbons (Fsp3) is 0.556. The second kappa shape index (κ2) is 2.77. The van der Waals surface area contributed by atoms with Crippen molar-refractivity contribution < 1.29 is 4.39 Å². The molecular weight excluding hydrogens is 177 g/mol. The van der Waals surface area contributed by atoms with Gasteiger partial charge in [0.2, 0.25) is 0 Å². The maximum atomic E-state index is 13.0. The molecule has 0 bridgehead atoms. The van der Waals surface area contributed by atoms with Gasteiger partial charge in [0.1, 0.15) is 5.15 Å². The zero-order valence-corrected chi connectivity index (χ0v) is 8.54. The summed E-state index contributed by atoms with van der Waals surface area (Å²) >= 11 is 5.92. The zero-order chi connectivity index (χ0) is 9.52. The van der Waals surface area contributed by atoms with Gasteiger partial charge in [-0.3, -0.25) is 0 Å². The topological polar surface area (TPSA) is 4.93 Å². The minimum absolute atomic E-state index is 0.0980. The first-order valence-electron chi connectivity index (χ1n) is 3.85. The smallest absolute Gasteiger partial charge is 0.194 e. The first kappa shape index (κ1) is 9.59. The minimum atomic E-state index is -0.287. The van der Waals surface area contributed by atoms with Crippen molar-refractivity contribution >= 4 is 11.6 Å². The first-order chi connectivity index (χ1) is 5.34. The second-order valence-electron chi connectivity index (χ2n) is 3.98. The van der Waals surface area contributed by atoms with Crippen molar-refractivity contribution in [1.29, 1.82) is 0 Å². The summed E-state index contributed by atoms with van der Waals surface area (Å²) in [4.78, 5) is 0. The third-order valence-electron chi connectivity index (χ3n) is 1.91. The van der Waals surface area contributed by atoms with Crippen molar-refractivity contribution in [3.8, 4) is 0 Å². The van der Waals surface area contributed by atoms with E-state index in [0.29, 0.717) is 5.15 Å². The molecule has 0 atom stereocenters. The lowest BCUT2D eigenvalue weighted by atomic mass is 9.89. The van der Waals surface area contributed by atoms with Gasteiger partial charge in [-0.25, -0.2) is 0 Å². The van der Waals surface area contributed by atoms with E-state index < -0.39 is 0 Å². The summed E-state index contributed by atoms with van der Waals surface area (Å²) < 4.78 is 14.4. The minimum Gasteiger partial charge on any atom is -0.312 e. The molecule has 1 heterocycles. The Morgan fingerprint density at radius 1 is 1.42 bits per heavy atom. The van der Waals surface area contributed by atoms with E-state index in [4.69, 9.17) is 11.6 Å². The van der Waals surface area contributed by atoms with Crippen LogP contribution < -0.4 is 0 Å². The Labute approximate surface area is 77.1 Å². The van der Waals surface area contributed by atoms with Crippen LogP contribution in [0.1, 0.15) is 26.3 Å². The molecule has 0 saturated heterocycles. The Balaban J connectivity index is 3.28. The van der Waals surface area contributed by atoms with E-state index in [2.05, 4.69) is 0 Å². The highest BCUT2D eigenvalue weighted by molar-refractivity contribution is 6.30. The molecule has 0 aliphatic carbocycles. The van der Waals surface area contributed by atoms with E-state index in [1.807, 2.05) is 20.8 Å². The number of halogens is 2. The Morgan fingerprint density at radius 2 is 1.92 bits per heavy atom. The van der Waals surface area contributed by atoms with Gasteiger partial charge in [-0.15, -0.1) is 0 Å². The lowest BCUT2D eigenvalue weighted by Crippen LogP contribution is -2.10. The predicted octanol–water partition coefficient (Wildman–Crippen LogP) is 3.12. The van der Waals surface area contributed by atoms with Gasteiger partial charge in [-0.1, -0.05) is 32.4 Å². The summed E-state index contributed by atoms with van der Waals surface area (Å²) in [5.41, 5.74) is 0.753. The summed E-state index contributed by atoms with van der Waals surface area (Å²) in [5.74, 6) is -0.287. The average Bonchev–Trinajstić information content (AvgIpc) is 2.15. The van der Waals surface area contributed by atoms with Gasteiger partial charge in [0.15, 0.2) is 5.95 Å². The molecule has 3 heteroatoms. The van der Waals surface area contributed by atoms with Crippen LogP contribution in [0, 0.1) is 5.95 Å². The van der Waals surface area contributed by atoms with Crippen LogP contribution >= 0.6 is 11.6 Å². The lowest BCUT2D eigenvalue weighted by molar-refractivity contribution is 0.535. The SMILES string of the molecule is Cn1c(F)cc(C(C)(C)C)c1Cl. The Bertz CT molecular complexity index is 296. The van der Waals surface area contributed by atoms with Gasteiger partial charge < -0.3 is 4.57 Å². The molecule has 1 aromatic heterocycles.